The SMILES string of the molecule is CCc1cccc(C)c1NC(=O)N1C[C@H](C)O[C@@H](C)C1. The zero-order valence-corrected chi connectivity index (χ0v) is 12.8. The van der Waals surface area contributed by atoms with Crippen LogP contribution in [0.15, 0.2) is 18.2 Å². The van der Waals surface area contributed by atoms with Gasteiger partial charge < -0.3 is 15.0 Å². The minimum atomic E-state index is -0.0315. The van der Waals surface area contributed by atoms with E-state index in [-0.39, 0.29) is 18.2 Å². The summed E-state index contributed by atoms with van der Waals surface area (Å²) in [6.07, 6.45) is 1.09. The maximum Gasteiger partial charge on any atom is 0.322 e. The molecular formula is C16H24N2O2. The predicted molar refractivity (Wildman–Crippen MR) is 81.2 cm³/mol. The first kappa shape index (κ1) is 14.9. The van der Waals surface area contributed by atoms with Gasteiger partial charge in [0.05, 0.1) is 12.2 Å². The van der Waals surface area contributed by atoms with Crippen LogP contribution in [0.25, 0.3) is 0 Å². The number of aryl methyl sites for hydroxylation is 2. The van der Waals surface area contributed by atoms with Crippen molar-refractivity contribution in [3.63, 3.8) is 0 Å². The number of hydrogen-bond donors (Lipinski definition) is 1. The third-order valence-electron chi connectivity index (χ3n) is 3.68. The number of anilines is 1. The first-order valence-corrected chi connectivity index (χ1v) is 7.31. The van der Waals surface area contributed by atoms with Crippen molar-refractivity contribution in [3.8, 4) is 0 Å². The number of para-hydroxylation sites is 1. The van der Waals surface area contributed by atoms with E-state index in [0.29, 0.717) is 13.1 Å². The van der Waals surface area contributed by atoms with Crippen molar-refractivity contribution in [2.45, 2.75) is 46.3 Å². The molecule has 1 aliphatic rings. The standard InChI is InChI=1S/C16H24N2O2/c1-5-14-8-6-7-11(2)15(14)17-16(19)18-9-12(3)20-13(4)10-18/h6-8,12-13H,5,9-10H2,1-4H3,(H,17,19)/t12-,13-/m0/s1. The van der Waals surface area contributed by atoms with Crippen LogP contribution in [0.1, 0.15) is 31.9 Å². The van der Waals surface area contributed by atoms with Crippen LogP contribution < -0.4 is 5.32 Å². The molecule has 2 atom stereocenters. The van der Waals surface area contributed by atoms with Crippen molar-refractivity contribution in [2.24, 2.45) is 0 Å². The maximum absolute atomic E-state index is 12.4. The Morgan fingerprint density at radius 1 is 1.35 bits per heavy atom. The Balaban J connectivity index is 2.12. The highest BCUT2D eigenvalue weighted by Crippen LogP contribution is 2.22. The number of nitrogens with one attached hydrogen (secondary N) is 1. The van der Waals surface area contributed by atoms with Gasteiger partial charge in [-0.2, -0.15) is 0 Å². The molecule has 110 valence electrons. The zero-order valence-electron chi connectivity index (χ0n) is 12.8. The molecule has 1 heterocycles. The summed E-state index contributed by atoms with van der Waals surface area (Å²) < 4.78 is 5.66. The lowest BCUT2D eigenvalue weighted by atomic mass is 10.1. The average Bonchev–Trinajstić information content (AvgIpc) is 2.39. The van der Waals surface area contributed by atoms with Gasteiger partial charge in [0.15, 0.2) is 0 Å². The highest BCUT2D eigenvalue weighted by atomic mass is 16.5. The molecule has 20 heavy (non-hydrogen) atoms. The van der Waals surface area contributed by atoms with Gasteiger partial charge in [-0.25, -0.2) is 4.79 Å². The minimum absolute atomic E-state index is 0.0315. The van der Waals surface area contributed by atoms with Gasteiger partial charge in [-0.1, -0.05) is 25.1 Å². The first-order valence-electron chi connectivity index (χ1n) is 7.31. The molecule has 0 radical (unpaired) electrons. The monoisotopic (exact) mass is 276 g/mol. The number of urea groups is 1. The second kappa shape index (κ2) is 6.27. The first-order chi connectivity index (χ1) is 9.51. The Morgan fingerprint density at radius 2 is 2.00 bits per heavy atom. The van der Waals surface area contributed by atoms with Gasteiger partial charge in [0.2, 0.25) is 0 Å². The van der Waals surface area contributed by atoms with Gasteiger partial charge in [-0.15, -0.1) is 0 Å². The molecule has 4 heteroatoms. The molecule has 1 N–H and O–H groups in total. The number of carbonyl (C=O) groups excluding carboxylic acids is 1. The molecule has 0 aromatic heterocycles. The molecule has 2 amide bonds. The normalized spacial score (nSPS) is 22.7. The number of nitrogens with zero attached hydrogens (tertiary/aromatic N) is 1. The largest absolute Gasteiger partial charge is 0.372 e. The molecule has 1 fully saturated rings. The molecule has 0 unspecified atom stereocenters. The van der Waals surface area contributed by atoms with E-state index in [0.717, 1.165) is 17.7 Å². The van der Waals surface area contributed by atoms with E-state index in [2.05, 4.69) is 18.3 Å². The maximum atomic E-state index is 12.4. The summed E-state index contributed by atoms with van der Waals surface area (Å²) >= 11 is 0. The van der Waals surface area contributed by atoms with Crippen LogP contribution >= 0.6 is 0 Å². The topological polar surface area (TPSA) is 41.6 Å². The van der Waals surface area contributed by atoms with Gasteiger partial charge in [0, 0.05) is 18.8 Å². The number of rotatable bonds is 2. The number of ether oxygens (including phenoxy) is 1. The second-order valence-corrected chi connectivity index (χ2v) is 5.56. The smallest absolute Gasteiger partial charge is 0.322 e. The fourth-order valence-corrected chi connectivity index (χ4v) is 2.73. The van der Waals surface area contributed by atoms with Crippen molar-refractivity contribution < 1.29 is 9.53 Å². The van der Waals surface area contributed by atoms with Crippen LogP contribution in [-0.2, 0) is 11.2 Å². The van der Waals surface area contributed by atoms with Gasteiger partial charge in [0.25, 0.3) is 0 Å². The lowest BCUT2D eigenvalue weighted by molar-refractivity contribution is -0.0530. The Kier molecular flexibility index (Phi) is 4.65. The van der Waals surface area contributed by atoms with E-state index in [1.54, 1.807) is 0 Å². The minimum Gasteiger partial charge on any atom is -0.372 e. The summed E-state index contributed by atoms with van der Waals surface area (Å²) in [4.78, 5) is 14.3. The quantitative estimate of drug-likeness (QED) is 0.901. The van der Waals surface area contributed by atoms with Gasteiger partial charge >= 0.3 is 6.03 Å². The van der Waals surface area contributed by atoms with E-state index in [1.807, 2.05) is 37.8 Å². The summed E-state index contributed by atoms with van der Waals surface area (Å²) in [5.74, 6) is 0. The van der Waals surface area contributed by atoms with E-state index < -0.39 is 0 Å². The van der Waals surface area contributed by atoms with Crippen LogP contribution in [0.4, 0.5) is 10.5 Å². The number of carbonyl (C=O) groups is 1. The fourth-order valence-electron chi connectivity index (χ4n) is 2.73. The molecule has 4 nitrogen and oxygen atoms in total. The summed E-state index contributed by atoms with van der Waals surface area (Å²) in [6.45, 7) is 9.41. The highest BCUT2D eigenvalue weighted by Gasteiger charge is 2.26. The Bertz CT molecular complexity index is 477. The number of amides is 2. The van der Waals surface area contributed by atoms with Crippen molar-refractivity contribution in [1.82, 2.24) is 4.90 Å². The van der Waals surface area contributed by atoms with Crippen LogP contribution in [0.5, 0.6) is 0 Å². The van der Waals surface area contributed by atoms with Gasteiger partial charge in [-0.3, -0.25) is 0 Å². The molecule has 1 aromatic carbocycles. The molecule has 0 saturated carbocycles. The van der Waals surface area contributed by atoms with Gasteiger partial charge in [0.1, 0.15) is 0 Å². The molecule has 1 saturated heterocycles. The third-order valence-corrected chi connectivity index (χ3v) is 3.68. The number of hydrogen-bond acceptors (Lipinski definition) is 2. The molecule has 0 spiro atoms. The van der Waals surface area contributed by atoms with Crippen molar-refractivity contribution >= 4 is 11.7 Å². The molecule has 0 bridgehead atoms. The second-order valence-electron chi connectivity index (χ2n) is 5.56. The van der Waals surface area contributed by atoms with Crippen LogP contribution in [-0.4, -0.2) is 36.2 Å². The molecule has 1 aromatic rings. The lowest BCUT2D eigenvalue weighted by Crippen LogP contribution is -2.49. The molecule has 1 aliphatic heterocycles. The molecule has 2 rings (SSSR count). The van der Waals surface area contributed by atoms with Crippen LogP contribution in [0.3, 0.4) is 0 Å². The van der Waals surface area contributed by atoms with E-state index in [4.69, 9.17) is 4.74 Å². The fraction of sp³-hybridized carbons (Fsp3) is 0.562. The van der Waals surface area contributed by atoms with Crippen LogP contribution in [0, 0.1) is 6.92 Å². The van der Waals surface area contributed by atoms with Crippen molar-refractivity contribution in [3.05, 3.63) is 29.3 Å². The molecular weight excluding hydrogens is 252 g/mol. The summed E-state index contributed by atoms with van der Waals surface area (Å²) in [5, 5.41) is 3.07. The third kappa shape index (κ3) is 3.31. The Hall–Kier alpha value is -1.55. The Labute approximate surface area is 121 Å². The van der Waals surface area contributed by atoms with E-state index in [9.17, 15) is 4.79 Å². The molecule has 0 aliphatic carbocycles. The van der Waals surface area contributed by atoms with Crippen molar-refractivity contribution in [2.75, 3.05) is 18.4 Å². The summed E-state index contributed by atoms with van der Waals surface area (Å²) in [6, 6.07) is 6.09. The van der Waals surface area contributed by atoms with Gasteiger partial charge in [-0.05, 0) is 38.3 Å². The Morgan fingerprint density at radius 3 is 2.60 bits per heavy atom. The summed E-state index contributed by atoms with van der Waals surface area (Å²) in [5.41, 5.74) is 3.23. The van der Waals surface area contributed by atoms with Crippen molar-refractivity contribution in [1.29, 1.82) is 0 Å². The van der Waals surface area contributed by atoms with Crippen LogP contribution in [0.2, 0.25) is 0 Å². The number of benzene rings is 1. The average molecular weight is 276 g/mol. The summed E-state index contributed by atoms with van der Waals surface area (Å²) in [7, 11) is 0. The predicted octanol–water partition coefficient (Wildman–Crippen LogP) is 3.20. The lowest BCUT2D eigenvalue weighted by Gasteiger charge is -2.35. The highest BCUT2D eigenvalue weighted by molar-refractivity contribution is 5.91. The van der Waals surface area contributed by atoms with E-state index >= 15 is 0 Å². The zero-order chi connectivity index (χ0) is 14.7. The van der Waals surface area contributed by atoms with E-state index in [1.165, 1.54) is 5.56 Å². The number of morpholine rings is 1.